The second-order valence-corrected chi connectivity index (χ2v) is 5.51. The maximum absolute atomic E-state index is 12.4. The molecule has 0 atom stereocenters. The third-order valence-corrected chi connectivity index (χ3v) is 3.57. The van der Waals surface area contributed by atoms with Crippen molar-refractivity contribution in [1.29, 1.82) is 0 Å². The van der Waals surface area contributed by atoms with Crippen LogP contribution >= 0.6 is 0 Å². The molecule has 0 saturated heterocycles. The van der Waals surface area contributed by atoms with Crippen LogP contribution in [-0.4, -0.2) is 28.3 Å². The Morgan fingerprint density at radius 1 is 1.19 bits per heavy atom. The molecule has 3 rings (SSSR count). The highest BCUT2D eigenvalue weighted by Crippen LogP contribution is 2.33. The Kier molecular flexibility index (Phi) is 3.84. The molecule has 1 aromatic heterocycles. The Hall–Kier alpha value is -3.41. The van der Waals surface area contributed by atoms with Gasteiger partial charge < -0.3 is 15.2 Å². The zero-order valence-corrected chi connectivity index (χ0v) is 13.9. The minimum Gasteiger partial charge on any atom is -0.505 e. The lowest BCUT2D eigenvalue weighted by Gasteiger charge is -2.12. The van der Waals surface area contributed by atoms with E-state index in [0.29, 0.717) is 16.9 Å². The number of fused-ring (bicyclic) bond motifs is 1. The van der Waals surface area contributed by atoms with E-state index in [2.05, 4.69) is 4.98 Å². The van der Waals surface area contributed by atoms with Crippen molar-refractivity contribution in [2.45, 2.75) is 13.8 Å². The first-order valence-corrected chi connectivity index (χ1v) is 7.74. The number of nitrogens with one attached hydrogen (secondary N) is 1. The number of rotatable bonds is 5. The van der Waals surface area contributed by atoms with Gasteiger partial charge in [0.05, 0.1) is 9.24 Å². The van der Waals surface area contributed by atoms with E-state index >= 15 is 0 Å². The fraction of sp³-hybridized carbons (Fsp3) is 0.150. The maximum atomic E-state index is 12.4. The number of hydrogen-bond donors (Lipinski definition) is 2. The highest BCUT2D eigenvalue weighted by Gasteiger charge is 2.18. The second kappa shape index (κ2) is 7.23. The van der Waals surface area contributed by atoms with Crippen LogP contribution in [0.15, 0.2) is 48.5 Å². The van der Waals surface area contributed by atoms with Crippen molar-refractivity contribution >= 4 is 22.5 Å². The molecule has 0 aliphatic carbocycles. The summed E-state index contributed by atoms with van der Waals surface area (Å²) in [5.74, 6) is -1.34. The molecule has 26 heavy (non-hydrogen) atoms. The highest BCUT2D eigenvalue weighted by molar-refractivity contribution is 6.03. The molecule has 6 nitrogen and oxygen atoms in total. The lowest BCUT2D eigenvalue weighted by molar-refractivity contribution is -0.116. The summed E-state index contributed by atoms with van der Waals surface area (Å²) in [5, 5.41) is 13.1. The smallest absolute Gasteiger partial charge is 0.274 e. The molecule has 132 valence electrons. The number of carbonyl (C=O) groups excluding carboxylic acids is 2. The van der Waals surface area contributed by atoms with Gasteiger partial charge in [-0.05, 0) is 44.2 Å². The van der Waals surface area contributed by atoms with Crippen LogP contribution in [0.5, 0.6) is 17.2 Å². The second-order valence-electron chi connectivity index (χ2n) is 5.51. The summed E-state index contributed by atoms with van der Waals surface area (Å²) in [6.45, 7) is -1.89. The van der Waals surface area contributed by atoms with Gasteiger partial charge in [-0.1, -0.05) is 18.2 Å². The summed E-state index contributed by atoms with van der Waals surface area (Å²) >= 11 is 0. The van der Waals surface area contributed by atoms with Crippen molar-refractivity contribution in [3.05, 3.63) is 59.9 Å². The zero-order valence-electron chi connectivity index (χ0n) is 16.9. The lowest BCUT2D eigenvalue weighted by atomic mass is 10.1. The van der Waals surface area contributed by atoms with Crippen LogP contribution in [0, 0.1) is 6.90 Å². The van der Waals surface area contributed by atoms with Crippen LogP contribution in [0.4, 0.5) is 0 Å². The van der Waals surface area contributed by atoms with Crippen LogP contribution in [-0.2, 0) is 4.79 Å². The van der Waals surface area contributed by atoms with Crippen molar-refractivity contribution in [3.63, 3.8) is 0 Å². The number of aryl methyl sites for hydroxylation is 1. The molecule has 3 aromatic rings. The molecule has 0 unspecified atom stereocenters. The molecule has 2 N–H and O–H groups in total. The summed E-state index contributed by atoms with van der Waals surface area (Å²) in [5.41, 5.74) is -0.258. The Balaban J connectivity index is 2.02. The van der Waals surface area contributed by atoms with E-state index in [9.17, 15) is 14.7 Å². The van der Waals surface area contributed by atoms with Gasteiger partial charge in [-0.3, -0.25) is 9.59 Å². The average molecular weight is 353 g/mol. The fourth-order valence-electron chi connectivity index (χ4n) is 2.39. The molecule has 0 aliphatic rings. The molecule has 0 aliphatic heterocycles. The SMILES string of the molecule is [2H]Cc1nc(C(=O)NC([2H])([2H])C(C)=O)c(O)c2ccc(Oc3ccccc3)cc12. The monoisotopic (exact) mass is 353 g/mol. The fourth-order valence-corrected chi connectivity index (χ4v) is 2.39. The minimum absolute atomic E-state index is 0.199. The molecule has 0 spiro atoms. The standard InChI is InChI=1S/C20H18N2O4/c1-12(23)11-21-20(25)18-19(24)16-9-8-15(10-17(16)13(2)22-18)26-14-6-4-3-5-7-14/h3-10,24H,11H2,1-2H3,(H,21,25)/i2D,11D2. The predicted octanol–water partition coefficient (Wildman–Crippen LogP) is 3.36. The van der Waals surface area contributed by atoms with Gasteiger partial charge in [0.15, 0.2) is 11.4 Å². The molecular weight excluding hydrogens is 332 g/mol. The number of aromatic nitrogens is 1. The van der Waals surface area contributed by atoms with E-state index in [-0.39, 0.29) is 18.0 Å². The predicted molar refractivity (Wildman–Crippen MR) is 97.7 cm³/mol. The van der Waals surface area contributed by atoms with Crippen molar-refractivity contribution in [2.24, 2.45) is 0 Å². The number of aromatic hydroxyl groups is 1. The summed E-state index contributed by atoms with van der Waals surface area (Å²) in [6.07, 6.45) is 0. The van der Waals surface area contributed by atoms with Gasteiger partial charge in [-0.25, -0.2) is 4.98 Å². The van der Waals surface area contributed by atoms with Gasteiger partial charge in [0.1, 0.15) is 17.3 Å². The van der Waals surface area contributed by atoms with E-state index in [1.54, 1.807) is 24.3 Å². The van der Waals surface area contributed by atoms with Crippen LogP contribution in [0.2, 0.25) is 0 Å². The molecule has 0 saturated carbocycles. The first-order valence-electron chi connectivity index (χ1n) is 9.45. The molecule has 0 bridgehead atoms. The number of para-hydroxylation sites is 1. The van der Waals surface area contributed by atoms with Crippen molar-refractivity contribution in [3.8, 4) is 17.2 Å². The molecular formula is C20H18N2O4. The molecule has 0 fully saturated rings. The lowest BCUT2D eigenvalue weighted by Crippen LogP contribution is -2.29. The van der Waals surface area contributed by atoms with Crippen molar-refractivity contribution in [1.82, 2.24) is 10.3 Å². The van der Waals surface area contributed by atoms with Gasteiger partial charge in [-0.2, -0.15) is 0 Å². The number of carbonyl (C=O) groups is 2. The first kappa shape index (κ1) is 13.8. The zero-order chi connectivity index (χ0) is 21.2. The van der Waals surface area contributed by atoms with Gasteiger partial charge in [0.25, 0.3) is 5.91 Å². The molecule has 0 radical (unpaired) electrons. The Morgan fingerprint density at radius 2 is 1.96 bits per heavy atom. The average Bonchev–Trinajstić information content (AvgIpc) is 2.68. The highest BCUT2D eigenvalue weighted by atomic mass is 16.5. The molecule has 1 amide bonds. The van der Waals surface area contributed by atoms with E-state index in [0.717, 1.165) is 6.92 Å². The number of amides is 1. The topological polar surface area (TPSA) is 88.5 Å². The van der Waals surface area contributed by atoms with Crippen molar-refractivity contribution in [2.75, 3.05) is 6.50 Å². The normalized spacial score (nSPS) is 12.7. The van der Waals surface area contributed by atoms with E-state index in [1.165, 1.54) is 6.07 Å². The summed E-state index contributed by atoms with van der Waals surface area (Å²) in [6, 6.07) is 13.8. The van der Waals surface area contributed by atoms with E-state index in [4.69, 9.17) is 8.85 Å². The molecule has 1 heterocycles. The van der Waals surface area contributed by atoms with Gasteiger partial charge in [0.2, 0.25) is 0 Å². The van der Waals surface area contributed by atoms with Crippen LogP contribution < -0.4 is 10.1 Å². The Labute approximate surface area is 154 Å². The van der Waals surface area contributed by atoms with Crippen LogP contribution in [0.1, 0.15) is 27.2 Å². The number of pyridine rings is 1. The first-order chi connectivity index (χ1) is 13.7. The van der Waals surface area contributed by atoms with Crippen LogP contribution in [0.25, 0.3) is 10.8 Å². The molecule has 2 aromatic carbocycles. The number of ketones is 1. The van der Waals surface area contributed by atoms with Crippen LogP contribution in [0.3, 0.4) is 0 Å². The molecule has 6 heteroatoms. The summed E-state index contributed by atoms with van der Waals surface area (Å²) in [4.78, 5) is 27.7. The number of hydrogen-bond acceptors (Lipinski definition) is 5. The van der Waals surface area contributed by atoms with E-state index in [1.807, 2.05) is 23.5 Å². The van der Waals surface area contributed by atoms with E-state index < -0.39 is 29.6 Å². The third-order valence-electron chi connectivity index (χ3n) is 3.57. The largest absolute Gasteiger partial charge is 0.505 e. The number of nitrogens with zero attached hydrogens (tertiary/aromatic N) is 1. The Morgan fingerprint density at radius 3 is 2.65 bits per heavy atom. The summed E-state index contributed by atoms with van der Waals surface area (Å²) in [7, 11) is 0. The number of ether oxygens (including phenoxy) is 1. The van der Waals surface area contributed by atoms with Crippen molar-refractivity contribution < 1.29 is 23.5 Å². The number of Topliss-reactive ketones (excluding diaryl/α,β-unsaturated/α-hetero) is 1. The number of benzene rings is 2. The third kappa shape index (κ3) is 3.64. The quantitative estimate of drug-likeness (QED) is 0.734. The van der Waals surface area contributed by atoms with Gasteiger partial charge in [-0.15, -0.1) is 0 Å². The maximum Gasteiger partial charge on any atom is 0.274 e. The minimum atomic E-state index is -2.60. The van der Waals surface area contributed by atoms with Gasteiger partial charge >= 0.3 is 0 Å². The van der Waals surface area contributed by atoms with Gasteiger partial charge in [0, 0.05) is 17.8 Å². The Bertz CT molecular complexity index is 1090. The summed E-state index contributed by atoms with van der Waals surface area (Å²) < 4.78 is 28.6.